The molecule has 144 valence electrons. The van der Waals surface area contributed by atoms with Crippen LogP contribution in [0.3, 0.4) is 0 Å². The molecule has 0 fully saturated rings. The van der Waals surface area contributed by atoms with Crippen molar-refractivity contribution in [3.05, 3.63) is 77.1 Å². The van der Waals surface area contributed by atoms with Crippen molar-refractivity contribution in [3.63, 3.8) is 0 Å². The van der Waals surface area contributed by atoms with Gasteiger partial charge in [0.1, 0.15) is 5.82 Å². The van der Waals surface area contributed by atoms with Crippen molar-refractivity contribution in [2.75, 3.05) is 0 Å². The molecule has 0 unspecified atom stereocenters. The highest BCUT2D eigenvalue weighted by molar-refractivity contribution is 5.97. The molecule has 1 amide bonds. The van der Waals surface area contributed by atoms with Gasteiger partial charge in [0, 0.05) is 43.1 Å². The van der Waals surface area contributed by atoms with Gasteiger partial charge in [-0.2, -0.15) is 5.10 Å². The van der Waals surface area contributed by atoms with Crippen LogP contribution >= 0.6 is 0 Å². The SMILES string of the molecule is Cc1cc(-c2ccnc3nn(C)cc23)cc(F)c1CN1Cc2ncccc2C1=O. The topological polar surface area (TPSA) is 63.9 Å². The summed E-state index contributed by atoms with van der Waals surface area (Å²) < 4.78 is 16.8. The second kappa shape index (κ2) is 6.48. The molecule has 1 aliphatic heterocycles. The maximum atomic E-state index is 15.1. The highest BCUT2D eigenvalue weighted by atomic mass is 19.1. The zero-order valence-corrected chi connectivity index (χ0v) is 16.1. The molecular weight excluding hydrogens is 369 g/mol. The summed E-state index contributed by atoms with van der Waals surface area (Å²) in [6.45, 7) is 2.48. The van der Waals surface area contributed by atoms with Gasteiger partial charge in [-0.25, -0.2) is 9.37 Å². The van der Waals surface area contributed by atoms with Crippen LogP contribution < -0.4 is 0 Å². The van der Waals surface area contributed by atoms with Crippen molar-refractivity contribution < 1.29 is 9.18 Å². The van der Waals surface area contributed by atoms with E-state index in [1.54, 1.807) is 34.1 Å². The standard InChI is InChI=1S/C22H18FN5O/c1-13-8-14(15-5-7-25-21-18(15)10-27(2)26-21)9-19(23)17(13)11-28-12-20-16(22(28)29)4-3-6-24-20/h3-10H,11-12H2,1-2H3. The molecule has 6 nitrogen and oxygen atoms in total. The van der Waals surface area contributed by atoms with E-state index in [-0.39, 0.29) is 18.3 Å². The Balaban J connectivity index is 1.50. The third-order valence-corrected chi connectivity index (χ3v) is 5.36. The number of aryl methyl sites for hydroxylation is 2. The highest BCUT2D eigenvalue weighted by Crippen LogP contribution is 2.31. The van der Waals surface area contributed by atoms with Crippen LogP contribution in [-0.4, -0.2) is 30.6 Å². The number of pyridine rings is 2. The number of rotatable bonds is 3. The largest absolute Gasteiger partial charge is 0.328 e. The summed E-state index contributed by atoms with van der Waals surface area (Å²) in [4.78, 5) is 22.8. The Bertz CT molecular complexity index is 1260. The molecule has 29 heavy (non-hydrogen) atoms. The number of hydrogen-bond acceptors (Lipinski definition) is 4. The average Bonchev–Trinajstić information content (AvgIpc) is 3.23. The Morgan fingerprint density at radius 2 is 2.00 bits per heavy atom. The first-order valence-corrected chi connectivity index (χ1v) is 9.32. The van der Waals surface area contributed by atoms with Crippen LogP contribution in [0.4, 0.5) is 4.39 Å². The first-order valence-electron chi connectivity index (χ1n) is 9.32. The van der Waals surface area contributed by atoms with Crippen molar-refractivity contribution in [1.82, 2.24) is 24.6 Å². The van der Waals surface area contributed by atoms with Gasteiger partial charge in [-0.3, -0.25) is 14.5 Å². The third-order valence-electron chi connectivity index (χ3n) is 5.36. The van der Waals surface area contributed by atoms with Crippen molar-refractivity contribution >= 4 is 16.9 Å². The molecule has 0 N–H and O–H groups in total. The lowest BCUT2D eigenvalue weighted by Gasteiger charge is -2.18. The molecular formula is C22H18FN5O. The van der Waals surface area contributed by atoms with E-state index in [0.717, 1.165) is 27.8 Å². The summed E-state index contributed by atoms with van der Waals surface area (Å²) in [5.74, 6) is -0.437. The smallest absolute Gasteiger partial charge is 0.256 e. The molecule has 1 aromatic carbocycles. The lowest BCUT2D eigenvalue weighted by Crippen LogP contribution is -2.24. The minimum absolute atomic E-state index is 0.109. The van der Waals surface area contributed by atoms with Gasteiger partial charge in [0.2, 0.25) is 0 Å². The van der Waals surface area contributed by atoms with Crippen LogP contribution in [0.25, 0.3) is 22.2 Å². The number of carbonyl (C=O) groups is 1. The summed E-state index contributed by atoms with van der Waals surface area (Å²) in [5.41, 5.74) is 4.92. The number of carbonyl (C=O) groups excluding carboxylic acids is 1. The summed E-state index contributed by atoms with van der Waals surface area (Å²) in [6, 6.07) is 8.85. The zero-order chi connectivity index (χ0) is 20.1. The zero-order valence-electron chi connectivity index (χ0n) is 16.1. The number of halogens is 1. The maximum Gasteiger partial charge on any atom is 0.256 e. The van der Waals surface area contributed by atoms with Crippen LogP contribution in [0.15, 0.2) is 48.9 Å². The maximum absolute atomic E-state index is 15.1. The van der Waals surface area contributed by atoms with Gasteiger partial charge in [-0.1, -0.05) is 6.07 Å². The fourth-order valence-corrected chi connectivity index (χ4v) is 3.92. The highest BCUT2D eigenvalue weighted by Gasteiger charge is 2.29. The summed E-state index contributed by atoms with van der Waals surface area (Å²) in [7, 11) is 1.83. The lowest BCUT2D eigenvalue weighted by atomic mass is 9.98. The molecule has 0 saturated heterocycles. The first-order chi connectivity index (χ1) is 14.0. The van der Waals surface area contributed by atoms with Crippen LogP contribution in [0.1, 0.15) is 27.2 Å². The molecule has 3 aromatic heterocycles. The van der Waals surface area contributed by atoms with Gasteiger partial charge in [-0.05, 0) is 47.9 Å². The predicted octanol–water partition coefficient (Wildman–Crippen LogP) is 3.63. The number of amides is 1. The molecule has 0 saturated carbocycles. The van der Waals surface area contributed by atoms with E-state index >= 15 is 4.39 Å². The first kappa shape index (κ1) is 17.5. The van der Waals surface area contributed by atoms with Gasteiger partial charge >= 0.3 is 0 Å². The van der Waals surface area contributed by atoms with E-state index in [1.807, 2.05) is 32.3 Å². The Kier molecular flexibility index (Phi) is 3.91. The average molecular weight is 387 g/mol. The molecule has 7 heteroatoms. The van der Waals surface area contributed by atoms with Crippen molar-refractivity contribution in [1.29, 1.82) is 0 Å². The molecule has 0 spiro atoms. The number of aromatic nitrogens is 4. The summed E-state index contributed by atoms with van der Waals surface area (Å²) in [6.07, 6.45) is 5.23. The number of nitrogens with zero attached hydrogens (tertiary/aromatic N) is 5. The number of benzene rings is 1. The van der Waals surface area contributed by atoms with Crippen molar-refractivity contribution in [2.24, 2.45) is 7.05 Å². The lowest BCUT2D eigenvalue weighted by molar-refractivity contribution is 0.0764. The molecule has 4 heterocycles. The quantitative estimate of drug-likeness (QED) is 0.538. The third kappa shape index (κ3) is 2.86. The van der Waals surface area contributed by atoms with E-state index in [9.17, 15) is 4.79 Å². The van der Waals surface area contributed by atoms with Crippen LogP contribution in [0, 0.1) is 12.7 Å². The van der Waals surface area contributed by atoms with Gasteiger partial charge in [0.15, 0.2) is 5.65 Å². The van der Waals surface area contributed by atoms with Gasteiger partial charge < -0.3 is 4.90 Å². The summed E-state index contributed by atoms with van der Waals surface area (Å²) in [5, 5.41) is 5.19. The van der Waals surface area contributed by atoms with Crippen LogP contribution in [0.2, 0.25) is 0 Å². The molecule has 0 aliphatic carbocycles. The van der Waals surface area contributed by atoms with E-state index in [1.165, 1.54) is 6.07 Å². The molecule has 1 aliphatic rings. The Hall–Kier alpha value is -3.61. The second-order valence-corrected chi connectivity index (χ2v) is 7.31. The normalized spacial score (nSPS) is 13.3. The number of hydrogen-bond donors (Lipinski definition) is 0. The molecule has 0 radical (unpaired) electrons. The Morgan fingerprint density at radius 1 is 1.14 bits per heavy atom. The monoisotopic (exact) mass is 387 g/mol. The van der Waals surface area contributed by atoms with Gasteiger partial charge in [0.05, 0.1) is 17.8 Å². The molecule has 4 aromatic rings. The van der Waals surface area contributed by atoms with Gasteiger partial charge in [-0.15, -0.1) is 0 Å². The van der Waals surface area contributed by atoms with E-state index in [2.05, 4.69) is 15.1 Å². The fraction of sp³-hybridized carbons (Fsp3) is 0.182. The molecule has 5 rings (SSSR count). The van der Waals surface area contributed by atoms with Crippen molar-refractivity contribution in [3.8, 4) is 11.1 Å². The molecule has 0 atom stereocenters. The van der Waals surface area contributed by atoms with Crippen LogP contribution in [-0.2, 0) is 20.1 Å². The van der Waals surface area contributed by atoms with E-state index in [4.69, 9.17) is 0 Å². The second-order valence-electron chi connectivity index (χ2n) is 7.31. The minimum atomic E-state index is -0.328. The Morgan fingerprint density at radius 3 is 2.79 bits per heavy atom. The summed E-state index contributed by atoms with van der Waals surface area (Å²) >= 11 is 0. The predicted molar refractivity (Wildman–Crippen MR) is 106 cm³/mol. The van der Waals surface area contributed by atoms with Crippen molar-refractivity contribution in [2.45, 2.75) is 20.0 Å². The van der Waals surface area contributed by atoms with E-state index in [0.29, 0.717) is 23.3 Å². The van der Waals surface area contributed by atoms with Gasteiger partial charge in [0.25, 0.3) is 5.91 Å². The Labute approximate surface area is 166 Å². The fourth-order valence-electron chi connectivity index (χ4n) is 3.92. The van der Waals surface area contributed by atoms with E-state index < -0.39 is 0 Å². The van der Waals surface area contributed by atoms with Crippen LogP contribution in [0.5, 0.6) is 0 Å². The number of fused-ring (bicyclic) bond motifs is 2. The molecule has 0 bridgehead atoms. The minimum Gasteiger partial charge on any atom is -0.328 e.